The van der Waals surface area contributed by atoms with Crippen molar-refractivity contribution in [3.05, 3.63) is 24.0 Å². The minimum atomic E-state index is -0.798. The third kappa shape index (κ3) is 2.47. The molecule has 0 radical (unpaired) electrons. The standard InChI is InChI=1S/C14H17N3O2S/c1-2-3-14(18)15-10-4-5-12-11(8-10)16-13-9-20(19)7-6-17(12)13/h4-5,8H,2-3,6-7,9H2,1H3,(H,15,18). The number of rotatable bonds is 3. The number of carbonyl (C=O) groups is 1. The van der Waals surface area contributed by atoms with Gasteiger partial charge in [-0.3, -0.25) is 9.00 Å². The summed E-state index contributed by atoms with van der Waals surface area (Å²) in [5.74, 6) is 2.11. The highest BCUT2D eigenvalue weighted by atomic mass is 32.2. The number of nitrogens with zero attached hydrogens (tertiary/aromatic N) is 2. The Balaban J connectivity index is 1.92. The number of carbonyl (C=O) groups excluding carboxylic acids is 1. The lowest BCUT2D eigenvalue weighted by molar-refractivity contribution is -0.116. The van der Waals surface area contributed by atoms with Crippen LogP contribution in [0.15, 0.2) is 18.2 Å². The summed E-state index contributed by atoms with van der Waals surface area (Å²) in [6.07, 6.45) is 1.36. The number of fused-ring (bicyclic) bond motifs is 3. The van der Waals surface area contributed by atoms with Crippen molar-refractivity contribution in [3.63, 3.8) is 0 Å². The number of aryl methyl sites for hydroxylation is 1. The number of anilines is 1. The van der Waals surface area contributed by atoms with E-state index in [9.17, 15) is 9.00 Å². The minimum absolute atomic E-state index is 0.0249. The van der Waals surface area contributed by atoms with Crippen molar-refractivity contribution in [1.82, 2.24) is 9.55 Å². The van der Waals surface area contributed by atoms with Crippen molar-refractivity contribution in [1.29, 1.82) is 0 Å². The van der Waals surface area contributed by atoms with E-state index in [0.717, 1.165) is 35.5 Å². The molecule has 5 nitrogen and oxygen atoms in total. The zero-order chi connectivity index (χ0) is 14.1. The van der Waals surface area contributed by atoms with Gasteiger partial charge in [-0.1, -0.05) is 6.92 Å². The summed E-state index contributed by atoms with van der Waals surface area (Å²) >= 11 is 0. The molecule has 0 fully saturated rings. The normalized spacial score (nSPS) is 17.9. The maximum Gasteiger partial charge on any atom is 0.224 e. The number of hydrogen-bond acceptors (Lipinski definition) is 3. The summed E-state index contributed by atoms with van der Waals surface area (Å²) in [7, 11) is -0.798. The second-order valence-corrected chi connectivity index (χ2v) is 6.55. The molecule has 0 spiro atoms. The molecule has 0 aliphatic carbocycles. The quantitative estimate of drug-likeness (QED) is 0.941. The number of nitrogens with one attached hydrogen (secondary N) is 1. The summed E-state index contributed by atoms with van der Waals surface area (Å²) in [4.78, 5) is 16.1. The zero-order valence-electron chi connectivity index (χ0n) is 11.4. The molecule has 2 heterocycles. The molecule has 6 heteroatoms. The van der Waals surface area contributed by atoms with Crippen LogP contribution in [-0.4, -0.2) is 25.4 Å². The fourth-order valence-corrected chi connectivity index (χ4v) is 3.52. The number of hydrogen-bond donors (Lipinski definition) is 1. The maximum atomic E-state index is 11.6. The number of benzene rings is 1. The van der Waals surface area contributed by atoms with Gasteiger partial charge in [-0.2, -0.15) is 0 Å². The SMILES string of the molecule is CCCC(=O)Nc1ccc2c(c1)nc1n2CCS(=O)C1. The second kappa shape index (κ2) is 5.36. The van der Waals surface area contributed by atoms with Crippen LogP contribution < -0.4 is 5.32 Å². The Kier molecular flexibility index (Phi) is 3.56. The topological polar surface area (TPSA) is 64.0 Å². The Labute approximate surface area is 119 Å². The average Bonchev–Trinajstić information content (AvgIpc) is 2.75. The first-order chi connectivity index (χ1) is 9.67. The van der Waals surface area contributed by atoms with E-state index >= 15 is 0 Å². The fraction of sp³-hybridized carbons (Fsp3) is 0.429. The summed E-state index contributed by atoms with van der Waals surface area (Å²) in [6, 6.07) is 5.76. The van der Waals surface area contributed by atoms with Crippen LogP contribution >= 0.6 is 0 Å². The molecule has 1 aromatic heterocycles. The van der Waals surface area contributed by atoms with E-state index in [0.29, 0.717) is 17.9 Å². The summed E-state index contributed by atoms with van der Waals surface area (Å²) in [5.41, 5.74) is 2.67. The zero-order valence-corrected chi connectivity index (χ0v) is 12.2. The first kappa shape index (κ1) is 13.3. The number of aromatic nitrogens is 2. The van der Waals surface area contributed by atoms with Crippen molar-refractivity contribution in [2.75, 3.05) is 11.1 Å². The molecule has 0 saturated carbocycles. The molecule has 0 bridgehead atoms. The maximum absolute atomic E-state index is 11.6. The smallest absolute Gasteiger partial charge is 0.224 e. The van der Waals surface area contributed by atoms with E-state index in [1.807, 2.05) is 25.1 Å². The fourth-order valence-electron chi connectivity index (χ4n) is 2.48. The van der Waals surface area contributed by atoms with Crippen LogP contribution in [-0.2, 0) is 27.9 Å². The Morgan fingerprint density at radius 2 is 2.35 bits per heavy atom. The lowest BCUT2D eigenvalue weighted by Crippen LogP contribution is -2.19. The van der Waals surface area contributed by atoms with Crippen LogP contribution in [0.25, 0.3) is 11.0 Å². The van der Waals surface area contributed by atoms with Crippen LogP contribution in [0.3, 0.4) is 0 Å². The van der Waals surface area contributed by atoms with Crippen LogP contribution in [0, 0.1) is 0 Å². The molecule has 3 rings (SSSR count). The van der Waals surface area contributed by atoms with E-state index in [1.165, 1.54) is 0 Å². The predicted molar refractivity (Wildman–Crippen MR) is 80.0 cm³/mol. The van der Waals surface area contributed by atoms with Gasteiger partial charge in [0.05, 0.1) is 16.8 Å². The highest BCUT2D eigenvalue weighted by Gasteiger charge is 2.18. The summed E-state index contributed by atoms with van der Waals surface area (Å²) < 4.78 is 13.7. The highest BCUT2D eigenvalue weighted by Crippen LogP contribution is 2.23. The van der Waals surface area contributed by atoms with Crippen molar-refractivity contribution in [2.24, 2.45) is 0 Å². The molecule has 1 unspecified atom stereocenters. The van der Waals surface area contributed by atoms with Gasteiger partial charge in [0.1, 0.15) is 5.82 Å². The van der Waals surface area contributed by atoms with E-state index in [1.54, 1.807) is 0 Å². The van der Waals surface area contributed by atoms with Gasteiger partial charge in [0.2, 0.25) is 5.91 Å². The van der Waals surface area contributed by atoms with Crippen LogP contribution in [0.4, 0.5) is 5.69 Å². The lowest BCUT2D eigenvalue weighted by Gasteiger charge is -2.13. The Morgan fingerprint density at radius 3 is 3.15 bits per heavy atom. The van der Waals surface area contributed by atoms with Gasteiger partial charge < -0.3 is 9.88 Å². The molecule has 20 heavy (non-hydrogen) atoms. The second-order valence-electron chi connectivity index (χ2n) is 4.97. The minimum Gasteiger partial charge on any atom is -0.326 e. The first-order valence-corrected chi connectivity index (χ1v) is 8.30. The summed E-state index contributed by atoms with van der Waals surface area (Å²) in [6.45, 7) is 2.73. The monoisotopic (exact) mass is 291 g/mol. The molecule has 0 saturated heterocycles. The van der Waals surface area contributed by atoms with Crippen molar-refractivity contribution < 1.29 is 9.00 Å². The van der Waals surface area contributed by atoms with E-state index in [4.69, 9.17) is 0 Å². The molecular weight excluding hydrogens is 274 g/mol. The predicted octanol–water partition coefficient (Wildman–Crippen LogP) is 2.04. The van der Waals surface area contributed by atoms with E-state index in [2.05, 4.69) is 14.9 Å². The molecular formula is C14H17N3O2S. The third-order valence-electron chi connectivity index (χ3n) is 3.42. The molecule has 1 atom stereocenters. The lowest BCUT2D eigenvalue weighted by atomic mass is 10.2. The van der Waals surface area contributed by atoms with Crippen LogP contribution in [0.1, 0.15) is 25.6 Å². The molecule has 1 aliphatic rings. The van der Waals surface area contributed by atoms with Crippen molar-refractivity contribution in [2.45, 2.75) is 32.1 Å². The third-order valence-corrected chi connectivity index (χ3v) is 4.64. The molecule has 1 aromatic carbocycles. The van der Waals surface area contributed by atoms with E-state index in [-0.39, 0.29) is 5.91 Å². The molecule has 1 aliphatic heterocycles. The highest BCUT2D eigenvalue weighted by molar-refractivity contribution is 7.84. The molecule has 106 valence electrons. The van der Waals surface area contributed by atoms with Gasteiger partial charge in [-0.05, 0) is 24.6 Å². The van der Waals surface area contributed by atoms with Gasteiger partial charge in [0.15, 0.2) is 0 Å². The first-order valence-electron chi connectivity index (χ1n) is 6.81. The average molecular weight is 291 g/mol. The summed E-state index contributed by atoms with van der Waals surface area (Å²) in [5, 5.41) is 2.88. The van der Waals surface area contributed by atoms with Gasteiger partial charge >= 0.3 is 0 Å². The Hall–Kier alpha value is -1.69. The van der Waals surface area contributed by atoms with Crippen LogP contribution in [0.5, 0.6) is 0 Å². The van der Waals surface area contributed by atoms with E-state index < -0.39 is 10.8 Å². The van der Waals surface area contributed by atoms with Crippen molar-refractivity contribution >= 4 is 33.4 Å². The van der Waals surface area contributed by atoms with Crippen molar-refractivity contribution in [3.8, 4) is 0 Å². The Bertz CT molecular complexity index is 693. The Morgan fingerprint density at radius 1 is 1.50 bits per heavy atom. The van der Waals surface area contributed by atoms with Gasteiger partial charge in [0.25, 0.3) is 0 Å². The van der Waals surface area contributed by atoms with Gasteiger partial charge in [0, 0.05) is 35.2 Å². The number of amides is 1. The largest absolute Gasteiger partial charge is 0.326 e. The molecule has 2 aromatic rings. The van der Waals surface area contributed by atoms with Gasteiger partial charge in [-0.25, -0.2) is 4.98 Å². The van der Waals surface area contributed by atoms with Crippen LogP contribution in [0.2, 0.25) is 0 Å². The molecule has 1 N–H and O–H groups in total. The number of imidazole rings is 1. The van der Waals surface area contributed by atoms with Gasteiger partial charge in [-0.15, -0.1) is 0 Å². The molecule has 1 amide bonds.